The van der Waals surface area contributed by atoms with Crippen LogP contribution in [0.15, 0.2) is 36.5 Å². The molecule has 0 radical (unpaired) electrons. The number of nitrogens with one attached hydrogen (secondary N) is 2. The molecule has 1 aliphatic heterocycles. The molecule has 2 aliphatic rings. The van der Waals surface area contributed by atoms with Gasteiger partial charge < -0.3 is 15.4 Å². The van der Waals surface area contributed by atoms with Crippen molar-refractivity contribution in [3.63, 3.8) is 0 Å². The molecule has 7 nitrogen and oxygen atoms in total. The fourth-order valence-corrected chi connectivity index (χ4v) is 4.54. The van der Waals surface area contributed by atoms with Crippen LogP contribution in [0.3, 0.4) is 0 Å². The molecule has 1 aromatic carbocycles. The minimum atomic E-state index is -4.63. The highest BCUT2D eigenvalue weighted by Crippen LogP contribution is 2.40. The number of aromatic nitrogens is 3. The molecule has 162 valence electrons. The van der Waals surface area contributed by atoms with Crippen molar-refractivity contribution in [3.05, 3.63) is 47.9 Å². The molecule has 1 aliphatic carbocycles. The van der Waals surface area contributed by atoms with Crippen molar-refractivity contribution >= 4 is 22.5 Å². The maximum absolute atomic E-state index is 12.9. The number of rotatable bonds is 4. The molecule has 2 fully saturated rings. The topological polar surface area (TPSA) is 81.1 Å². The predicted octanol–water partition coefficient (Wildman–Crippen LogP) is 3.63. The summed E-state index contributed by atoms with van der Waals surface area (Å²) in [6, 6.07) is 7.50. The van der Waals surface area contributed by atoms with Crippen molar-refractivity contribution in [3.8, 4) is 5.75 Å². The van der Waals surface area contributed by atoms with Crippen molar-refractivity contribution in [2.24, 2.45) is 5.92 Å². The third-order valence-electron chi connectivity index (χ3n) is 6.03. The number of pyridine rings is 1. The smallest absolute Gasteiger partial charge is 0.433 e. The first-order chi connectivity index (χ1) is 14.8. The monoisotopic (exact) mass is 431 g/mol. The Balaban J connectivity index is 1.43. The molecule has 31 heavy (non-hydrogen) atoms. The van der Waals surface area contributed by atoms with Gasteiger partial charge in [-0.25, -0.2) is 4.98 Å². The Bertz CT molecular complexity index is 1160. The molecule has 2 N–H and O–H groups in total. The summed E-state index contributed by atoms with van der Waals surface area (Å²) < 4.78 is 46.1. The minimum absolute atomic E-state index is 0.331. The molecule has 0 unspecified atom stereocenters. The summed E-state index contributed by atoms with van der Waals surface area (Å²) in [7, 11) is 1.46. The first kappa shape index (κ1) is 19.8. The van der Waals surface area contributed by atoms with Crippen molar-refractivity contribution in [2.75, 3.05) is 19.0 Å². The molecule has 3 atom stereocenters. The number of carbonyl (C=O) groups excluding carboxylic acids is 1. The zero-order valence-corrected chi connectivity index (χ0v) is 16.6. The van der Waals surface area contributed by atoms with Crippen LogP contribution in [0.5, 0.6) is 5.75 Å². The number of piperidine rings is 1. The van der Waals surface area contributed by atoms with Gasteiger partial charge in [0.05, 0.1) is 24.4 Å². The van der Waals surface area contributed by atoms with Gasteiger partial charge in [-0.3, -0.25) is 9.48 Å². The SMILES string of the molecule is COc1cc2nn([C@H]3C[C@@H]4C[C@H]3CN4)cc2cc1NC(=O)c1cccc(C(F)(F)F)n1. The van der Waals surface area contributed by atoms with Gasteiger partial charge in [-0.1, -0.05) is 6.07 Å². The fraction of sp³-hybridized carbons (Fsp3) is 0.381. The number of amides is 1. The summed E-state index contributed by atoms with van der Waals surface area (Å²) in [5.41, 5.74) is -0.387. The molecule has 1 amide bonds. The number of methoxy groups -OCH3 is 1. The van der Waals surface area contributed by atoms with E-state index >= 15 is 0 Å². The minimum Gasteiger partial charge on any atom is -0.494 e. The lowest BCUT2D eigenvalue weighted by atomic mass is 10.0. The van der Waals surface area contributed by atoms with E-state index in [2.05, 4.69) is 15.6 Å². The van der Waals surface area contributed by atoms with Gasteiger partial charge in [-0.05, 0) is 37.0 Å². The average Bonchev–Trinajstić information content (AvgIpc) is 3.47. The number of hydrogen-bond acceptors (Lipinski definition) is 5. The normalized spacial score (nSPS) is 22.8. The second-order valence-corrected chi connectivity index (χ2v) is 7.98. The number of hydrogen-bond donors (Lipinski definition) is 2. The van der Waals surface area contributed by atoms with Crippen LogP contribution >= 0.6 is 0 Å². The summed E-state index contributed by atoms with van der Waals surface area (Å²) in [5.74, 6) is 0.162. The lowest BCUT2D eigenvalue weighted by Crippen LogP contribution is -2.31. The molecular formula is C21H20F3N5O2. The number of anilines is 1. The molecule has 1 saturated carbocycles. The Morgan fingerprint density at radius 1 is 1.29 bits per heavy atom. The lowest BCUT2D eigenvalue weighted by molar-refractivity contribution is -0.141. The van der Waals surface area contributed by atoms with Crippen LogP contribution in [0, 0.1) is 5.92 Å². The van der Waals surface area contributed by atoms with Gasteiger partial charge in [0.1, 0.15) is 17.1 Å². The van der Waals surface area contributed by atoms with Gasteiger partial charge >= 0.3 is 6.18 Å². The maximum Gasteiger partial charge on any atom is 0.433 e. The van der Waals surface area contributed by atoms with Crippen molar-refractivity contribution in [1.82, 2.24) is 20.1 Å². The molecule has 5 rings (SSSR count). The van der Waals surface area contributed by atoms with Crippen LogP contribution in [0.2, 0.25) is 0 Å². The molecule has 3 aromatic rings. The number of nitrogens with zero attached hydrogens (tertiary/aromatic N) is 3. The third-order valence-corrected chi connectivity index (χ3v) is 6.03. The van der Waals surface area contributed by atoms with Crippen molar-refractivity contribution in [2.45, 2.75) is 31.1 Å². The summed E-state index contributed by atoms with van der Waals surface area (Å²) in [4.78, 5) is 16.0. The van der Waals surface area contributed by atoms with E-state index in [1.165, 1.54) is 13.2 Å². The van der Waals surface area contributed by atoms with Gasteiger partial charge in [0, 0.05) is 30.2 Å². The number of alkyl halides is 3. The Kier molecular flexibility index (Phi) is 4.62. The summed E-state index contributed by atoms with van der Waals surface area (Å²) in [5, 5.41) is 11.6. The highest BCUT2D eigenvalue weighted by atomic mass is 19.4. The van der Waals surface area contributed by atoms with E-state index in [0.29, 0.717) is 29.4 Å². The molecule has 0 spiro atoms. The van der Waals surface area contributed by atoms with Crippen LogP contribution in [0.4, 0.5) is 18.9 Å². The maximum atomic E-state index is 12.9. The number of benzene rings is 1. The first-order valence-corrected chi connectivity index (χ1v) is 9.97. The number of halogens is 3. The van der Waals surface area contributed by atoms with Crippen LogP contribution in [0.1, 0.15) is 35.1 Å². The van der Waals surface area contributed by atoms with E-state index in [1.807, 2.05) is 10.9 Å². The van der Waals surface area contributed by atoms with Gasteiger partial charge in [0.15, 0.2) is 0 Å². The van der Waals surface area contributed by atoms with E-state index in [1.54, 1.807) is 12.1 Å². The Morgan fingerprint density at radius 3 is 2.81 bits per heavy atom. The zero-order chi connectivity index (χ0) is 21.8. The first-order valence-electron chi connectivity index (χ1n) is 9.97. The van der Waals surface area contributed by atoms with E-state index in [9.17, 15) is 18.0 Å². The second-order valence-electron chi connectivity index (χ2n) is 7.98. The third kappa shape index (κ3) is 3.60. The molecule has 2 aromatic heterocycles. The van der Waals surface area contributed by atoms with Gasteiger partial charge in [-0.2, -0.15) is 18.3 Å². The zero-order valence-electron chi connectivity index (χ0n) is 16.6. The standard InChI is InChI=1S/C21H20F3N5O2/c1-31-18-8-15-12(10-29(28-15)17-7-13-5-11(17)9-25-13)6-16(18)27-20(30)14-3-2-4-19(26-14)21(22,23)24/h2-4,6,8,10-11,13,17,25H,5,7,9H2,1H3,(H,27,30)/t11-,13-,17-/m0/s1. The van der Waals surface area contributed by atoms with Gasteiger partial charge in [0.2, 0.25) is 0 Å². The molecule has 2 bridgehead atoms. The Hall–Kier alpha value is -3.14. The van der Waals surface area contributed by atoms with Crippen molar-refractivity contribution < 1.29 is 22.7 Å². The predicted molar refractivity (Wildman–Crippen MR) is 107 cm³/mol. The highest BCUT2D eigenvalue weighted by Gasteiger charge is 2.40. The van der Waals surface area contributed by atoms with Crippen LogP contribution < -0.4 is 15.4 Å². The summed E-state index contributed by atoms with van der Waals surface area (Å²) in [6.45, 7) is 0.986. The van der Waals surface area contributed by atoms with Gasteiger partial charge in [0.25, 0.3) is 5.91 Å². The summed E-state index contributed by atoms with van der Waals surface area (Å²) in [6.07, 6.45) is -0.509. The number of ether oxygens (including phenoxy) is 1. The number of fused-ring (bicyclic) bond motifs is 3. The lowest BCUT2D eigenvalue weighted by Gasteiger charge is -2.22. The quantitative estimate of drug-likeness (QED) is 0.659. The van der Waals surface area contributed by atoms with E-state index in [-0.39, 0.29) is 5.69 Å². The van der Waals surface area contributed by atoms with Crippen LogP contribution in [-0.2, 0) is 6.18 Å². The Labute approximate surface area is 175 Å². The van der Waals surface area contributed by atoms with E-state index in [4.69, 9.17) is 9.84 Å². The van der Waals surface area contributed by atoms with Gasteiger partial charge in [-0.15, -0.1) is 0 Å². The van der Waals surface area contributed by atoms with E-state index < -0.39 is 17.8 Å². The van der Waals surface area contributed by atoms with Crippen LogP contribution in [-0.4, -0.2) is 40.4 Å². The summed E-state index contributed by atoms with van der Waals surface area (Å²) >= 11 is 0. The molecular weight excluding hydrogens is 411 g/mol. The average molecular weight is 431 g/mol. The largest absolute Gasteiger partial charge is 0.494 e. The fourth-order valence-electron chi connectivity index (χ4n) is 4.54. The van der Waals surface area contributed by atoms with Crippen LogP contribution in [0.25, 0.3) is 10.9 Å². The Morgan fingerprint density at radius 2 is 2.13 bits per heavy atom. The van der Waals surface area contributed by atoms with E-state index in [0.717, 1.165) is 42.4 Å². The van der Waals surface area contributed by atoms with Crippen molar-refractivity contribution in [1.29, 1.82) is 0 Å². The molecule has 3 heterocycles. The molecule has 1 saturated heterocycles. The highest BCUT2D eigenvalue weighted by molar-refractivity contribution is 6.05. The molecule has 10 heteroatoms. The number of carbonyl (C=O) groups is 1. The second kappa shape index (κ2) is 7.23.